The minimum Gasteiger partial charge on any atom is -0.358 e. The molecule has 0 aromatic carbocycles. The first-order valence-electron chi connectivity index (χ1n) is 6.36. The van der Waals surface area contributed by atoms with Gasteiger partial charge in [0.2, 0.25) is 0 Å². The molecule has 2 aromatic heterocycles. The molecule has 0 unspecified atom stereocenters. The summed E-state index contributed by atoms with van der Waals surface area (Å²) in [6.07, 6.45) is 11.7. The highest BCUT2D eigenvalue weighted by Crippen LogP contribution is 2.33. The van der Waals surface area contributed by atoms with Crippen LogP contribution in [0.4, 0.5) is 5.69 Å². The Kier molecular flexibility index (Phi) is 3.39. The largest absolute Gasteiger partial charge is 0.358 e. The van der Waals surface area contributed by atoms with E-state index in [0.29, 0.717) is 6.54 Å². The Bertz CT molecular complexity index is 643. The molecule has 0 atom stereocenters. The van der Waals surface area contributed by atoms with Gasteiger partial charge in [-0.3, -0.25) is 9.97 Å². The van der Waals surface area contributed by atoms with E-state index in [-0.39, 0.29) is 0 Å². The van der Waals surface area contributed by atoms with Crippen LogP contribution in [-0.2, 0) is 0 Å². The van der Waals surface area contributed by atoms with Crippen LogP contribution in [0.3, 0.4) is 0 Å². The van der Waals surface area contributed by atoms with Crippen molar-refractivity contribution in [2.24, 2.45) is 5.92 Å². The van der Waals surface area contributed by atoms with E-state index in [1.807, 2.05) is 18.3 Å². The molecule has 19 heavy (non-hydrogen) atoms. The second-order valence-corrected chi connectivity index (χ2v) is 5.80. The average Bonchev–Trinajstić information content (AvgIpc) is 3.21. The zero-order valence-corrected chi connectivity index (χ0v) is 12.1. The topological polar surface area (TPSA) is 29.0 Å². The predicted molar refractivity (Wildman–Crippen MR) is 81.0 cm³/mol. The lowest BCUT2D eigenvalue weighted by atomic mass is 10.2. The Morgan fingerprint density at radius 3 is 3.00 bits per heavy atom. The standard InChI is InChI=1S/C15H14BrN3/c1-2-7-19(10-11-3-4-11)14-5-6-17-13-8-12(16)9-18-15(13)14/h1,5-6,8-9,11H,3-4,7,10H2. The van der Waals surface area contributed by atoms with Crippen molar-refractivity contribution in [1.29, 1.82) is 0 Å². The van der Waals surface area contributed by atoms with E-state index in [0.717, 1.165) is 33.7 Å². The third-order valence-corrected chi connectivity index (χ3v) is 3.75. The van der Waals surface area contributed by atoms with Gasteiger partial charge in [-0.2, -0.15) is 0 Å². The van der Waals surface area contributed by atoms with Gasteiger partial charge in [0.25, 0.3) is 0 Å². The van der Waals surface area contributed by atoms with Crippen molar-refractivity contribution in [1.82, 2.24) is 9.97 Å². The molecule has 2 heterocycles. The molecule has 0 bridgehead atoms. The van der Waals surface area contributed by atoms with Crippen molar-refractivity contribution in [2.45, 2.75) is 12.8 Å². The summed E-state index contributed by atoms with van der Waals surface area (Å²) in [5, 5.41) is 0. The summed E-state index contributed by atoms with van der Waals surface area (Å²) in [7, 11) is 0. The smallest absolute Gasteiger partial charge is 0.112 e. The van der Waals surface area contributed by atoms with E-state index in [1.54, 1.807) is 6.20 Å². The molecule has 2 aromatic rings. The van der Waals surface area contributed by atoms with Gasteiger partial charge in [0.05, 0.1) is 17.7 Å². The minimum atomic E-state index is 0.618. The lowest BCUT2D eigenvalue weighted by Gasteiger charge is -2.23. The number of hydrogen-bond acceptors (Lipinski definition) is 3. The Hall–Kier alpha value is -1.60. The van der Waals surface area contributed by atoms with E-state index < -0.39 is 0 Å². The fourth-order valence-corrected chi connectivity index (χ4v) is 2.54. The number of pyridine rings is 2. The summed E-state index contributed by atoms with van der Waals surface area (Å²) >= 11 is 3.43. The molecule has 1 aliphatic rings. The monoisotopic (exact) mass is 315 g/mol. The normalized spacial score (nSPS) is 14.3. The number of fused-ring (bicyclic) bond motifs is 1. The van der Waals surface area contributed by atoms with Crippen LogP contribution in [0.5, 0.6) is 0 Å². The second kappa shape index (κ2) is 5.18. The van der Waals surface area contributed by atoms with Gasteiger partial charge in [-0.05, 0) is 46.8 Å². The number of nitrogens with zero attached hydrogens (tertiary/aromatic N) is 3. The van der Waals surface area contributed by atoms with Crippen molar-refractivity contribution >= 4 is 32.7 Å². The first kappa shape index (κ1) is 12.4. The molecule has 3 nitrogen and oxygen atoms in total. The highest BCUT2D eigenvalue weighted by atomic mass is 79.9. The molecular weight excluding hydrogens is 302 g/mol. The number of hydrogen-bond donors (Lipinski definition) is 0. The van der Waals surface area contributed by atoms with Crippen molar-refractivity contribution < 1.29 is 0 Å². The van der Waals surface area contributed by atoms with Crippen molar-refractivity contribution in [2.75, 3.05) is 18.0 Å². The second-order valence-electron chi connectivity index (χ2n) is 4.88. The molecule has 0 saturated heterocycles. The van der Waals surface area contributed by atoms with E-state index in [2.05, 4.69) is 36.7 Å². The molecule has 1 saturated carbocycles. The molecule has 1 aliphatic carbocycles. The maximum Gasteiger partial charge on any atom is 0.112 e. The molecule has 0 N–H and O–H groups in total. The Labute approximate surface area is 121 Å². The highest BCUT2D eigenvalue weighted by Gasteiger charge is 2.25. The first-order chi connectivity index (χ1) is 9.28. The number of terminal acetylenes is 1. The summed E-state index contributed by atoms with van der Waals surface area (Å²) in [5.41, 5.74) is 2.90. The zero-order chi connectivity index (χ0) is 13.2. The maximum absolute atomic E-state index is 5.50. The number of anilines is 1. The van der Waals surface area contributed by atoms with Gasteiger partial charge >= 0.3 is 0 Å². The number of halogens is 1. The van der Waals surface area contributed by atoms with Crippen LogP contribution >= 0.6 is 15.9 Å². The molecule has 0 amide bonds. The van der Waals surface area contributed by atoms with E-state index >= 15 is 0 Å². The van der Waals surface area contributed by atoms with E-state index in [9.17, 15) is 0 Å². The van der Waals surface area contributed by atoms with Gasteiger partial charge < -0.3 is 4.90 Å². The van der Waals surface area contributed by atoms with Gasteiger partial charge in [-0.1, -0.05) is 5.92 Å². The fraction of sp³-hybridized carbons (Fsp3) is 0.333. The summed E-state index contributed by atoms with van der Waals surface area (Å²) < 4.78 is 0.940. The molecule has 3 rings (SSSR count). The van der Waals surface area contributed by atoms with Crippen LogP contribution < -0.4 is 4.90 Å². The van der Waals surface area contributed by atoms with Crippen molar-refractivity contribution in [3.63, 3.8) is 0 Å². The lowest BCUT2D eigenvalue weighted by Crippen LogP contribution is -2.26. The number of rotatable bonds is 4. The molecule has 0 radical (unpaired) electrons. The average molecular weight is 316 g/mol. The minimum absolute atomic E-state index is 0.618. The van der Waals surface area contributed by atoms with Gasteiger partial charge in [0, 0.05) is 23.4 Å². The third kappa shape index (κ3) is 2.71. The van der Waals surface area contributed by atoms with Crippen LogP contribution in [-0.4, -0.2) is 23.1 Å². The maximum atomic E-state index is 5.50. The highest BCUT2D eigenvalue weighted by molar-refractivity contribution is 9.10. The SMILES string of the molecule is C#CCN(CC1CC1)c1ccnc2cc(Br)cnc12. The molecule has 0 spiro atoms. The Morgan fingerprint density at radius 1 is 1.42 bits per heavy atom. The van der Waals surface area contributed by atoms with Crippen LogP contribution in [0, 0.1) is 18.3 Å². The fourth-order valence-electron chi connectivity index (χ4n) is 2.22. The van der Waals surface area contributed by atoms with E-state index in [4.69, 9.17) is 6.42 Å². The molecule has 0 aliphatic heterocycles. The Balaban J connectivity index is 2.03. The van der Waals surface area contributed by atoms with Gasteiger partial charge in [-0.25, -0.2) is 0 Å². The van der Waals surface area contributed by atoms with Gasteiger partial charge in [0.1, 0.15) is 5.52 Å². The summed E-state index contributed by atoms with van der Waals surface area (Å²) in [6.45, 7) is 1.63. The van der Waals surface area contributed by atoms with Crippen LogP contribution in [0.1, 0.15) is 12.8 Å². The molecule has 96 valence electrons. The van der Waals surface area contributed by atoms with Crippen molar-refractivity contribution in [3.8, 4) is 12.3 Å². The van der Waals surface area contributed by atoms with E-state index in [1.165, 1.54) is 12.8 Å². The summed E-state index contributed by atoms with van der Waals surface area (Å²) in [5.74, 6) is 3.53. The third-order valence-electron chi connectivity index (χ3n) is 3.32. The van der Waals surface area contributed by atoms with Gasteiger partial charge in [-0.15, -0.1) is 6.42 Å². The quantitative estimate of drug-likeness (QED) is 0.811. The van der Waals surface area contributed by atoms with Crippen LogP contribution in [0.25, 0.3) is 11.0 Å². The van der Waals surface area contributed by atoms with Crippen LogP contribution in [0.15, 0.2) is 29.0 Å². The molecule has 4 heteroatoms. The first-order valence-corrected chi connectivity index (χ1v) is 7.16. The summed E-state index contributed by atoms with van der Waals surface area (Å²) in [6, 6.07) is 3.99. The van der Waals surface area contributed by atoms with Crippen LogP contribution in [0.2, 0.25) is 0 Å². The lowest BCUT2D eigenvalue weighted by molar-refractivity contribution is 0.766. The molecular formula is C15H14BrN3. The number of aromatic nitrogens is 2. The van der Waals surface area contributed by atoms with Crippen molar-refractivity contribution in [3.05, 3.63) is 29.0 Å². The predicted octanol–water partition coefficient (Wildman–Crippen LogP) is 3.24. The summed E-state index contributed by atoms with van der Waals surface area (Å²) in [4.78, 5) is 11.1. The zero-order valence-electron chi connectivity index (χ0n) is 10.5. The Morgan fingerprint density at radius 2 is 2.26 bits per heavy atom. The molecule has 1 fully saturated rings. The van der Waals surface area contributed by atoms with Gasteiger partial charge in [0.15, 0.2) is 0 Å².